The maximum Gasteiger partial charge on any atom is 0.358 e. The number of carbonyl (C=O) groups excluding carboxylic acids is 1. The SMILES string of the molecule is COC(=O)c1cncc(-n2ccc(C)n2)n1. The number of hydrogen-bond donors (Lipinski definition) is 0. The Hall–Kier alpha value is -2.24. The third-order valence-corrected chi connectivity index (χ3v) is 1.97. The van der Waals surface area contributed by atoms with Crippen molar-refractivity contribution in [3.63, 3.8) is 0 Å². The molecule has 0 aliphatic heterocycles. The highest BCUT2D eigenvalue weighted by Crippen LogP contribution is 2.04. The molecule has 0 aromatic carbocycles. The molecule has 0 bridgehead atoms. The van der Waals surface area contributed by atoms with Gasteiger partial charge in [-0.15, -0.1) is 0 Å². The lowest BCUT2D eigenvalue weighted by molar-refractivity contribution is 0.0593. The van der Waals surface area contributed by atoms with E-state index in [1.165, 1.54) is 19.5 Å². The second-order valence-electron chi connectivity index (χ2n) is 3.16. The van der Waals surface area contributed by atoms with Gasteiger partial charge < -0.3 is 4.74 Å². The topological polar surface area (TPSA) is 69.9 Å². The third kappa shape index (κ3) is 1.90. The molecule has 0 atom stereocenters. The van der Waals surface area contributed by atoms with E-state index in [1.807, 2.05) is 13.0 Å². The number of esters is 1. The summed E-state index contributed by atoms with van der Waals surface area (Å²) in [5.74, 6) is -0.0331. The first-order valence-corrected chi connectivity index (χ1v) is 4.63. The summed E-state index contributed by atoms with van der Waals surface area (Å²) in [6, 6.07) is 1.84. The molecular formula is C10H10N4O2. The zero-order valence-corrected chi connectivity index (χ0v) is 8.91. The fraction of sp³-hybridized carbons (Fsp3) is 0.200. The predicted octanol–water partition coefficient (Wildman–Crippen LogP) is 0.757. The van der Waals surface area contributed by atoms with Gasteiger partial charge in [-0.25, -0.2) is 14.5 Å². The van der Waals surface area contributed by atoms with Crippen molar-refractivity contribution in [2.75, 3.05) is 7.11 Å². The highest BCUT2D eigenvalue weighted by molar-refractivity contribution is 5.86. The number of hydrogen-bond acceptors (Lipinski definition) is 5. The fourth-order valence-corrected chi connectivity index (χ4v) is 1.21. The molecule has 82 valence electrons. The van der Waals surface area contributed by atoms with Crippen LogP contribution in [0, 0.1) is 6.92 Å². The largest absolute Gasteiger partial charge is 0.464 e. The van der Waals surface area contributed by atoms with Gasteiger partial charge in [0.15, 0.2) is 11.5 Å². The molecule has 0 saturated heterocycles. The van der Waals surface area contributed by atoms with E-state index in [9.17, 15) is 4.79 Å². The van der Waals surface area contributed by atoms with Crippen molar-refractivity contribution in [3.05, 3.63) is 36.0 Å². The lowest BCUT2D eigenvalue weighted by Crippen LogP contribution is -2.08. The normalized spacial score (nSPS) is 10.1. The summed E-state index contributed by atoms with van der Waals surface area (Å²) in [6.45, 7) is 1.87. The van der Waals surface area contributed by atoms with Gasteiger partial charge in [0, 0.05) is 6.20 Å². The summed E-state index contributed by atoms with van der Waals surface area (Å²) in [6.07, 6.45) is 4.63. The number of nitrogens with zero attached hydrogens (tertiary/aromatic N) is 4. The standard InChI is InChI=1S/C10H10N4O2/c1-7-3-4-14(13-7)9-6-11-5-8(12-9)10(15)16-2/h3-6H,1-2H3. The lowest BCUT2D eigenvalue weighted by Gasteiger charge is -2.01. The van der Waals surface area contributed by atoms with Crippen LogP contribution in [0.25, 0.3) is 5.82 Å². The van der Waals surface area contributed by atoms with Crippen molar-refractivity contribution in [2.45, 2.75) is 6.92 Å². The Kier molecular flexibility index (Phi) is 2.63. The van der Waals surface area contributed by atoms with E-state index in [4.69, 9.17) is 0 Å². The summed E-state index contributed by atoms with van der Waals surface area (Å²) in [4.78, 5) is 19.3. The van der Waals surface area contributed by atoms with Crippen LogP contribution in [0.15, 0.2) is 24.7 Å². The first-order valence-electron chi connectivity index (χ1n) is 4.63. The van der Waals surface area contributed by atoms with Gasteiger partial charge in [-0.3, -0.25) is 4.98 Å². The summed E-state index contributed by atoms with van der Waals surface area (Å²) in [5, 5.41) is 4.17. The van der Waals surface area contributed by atoms with Crippen LogP contribution in [-0.2, 0) is 4.74 Å². The summed E-state index contributed by atoms with van der Waals surface area (Å²) >= 11 is 0. The lowest BCUT2D eigenvalue weighted by atomic mass is 10.4. The number of ether oxygens (including phenoxy) is 1. The molecule has 0 unspecified atom stereocenters. The zero-order valence-electron chi connectivity index (χ0n) is 8.91. The summed E-state index contributed by atoms with van der Waals surface area (Å²) < 4.78 is 6.11. The Balaban J connectivity index is 2.39. The van der Waals surface area contributed by atoms with Gasteiger partial charge in [0.2, 0.25) is 0 Å². The van der Waals surface area contributed by atoms with Crippen LogP contribution < -0.4 is 0 Å². The van der Waals surface area contributed by atoms with E-state index in [2.05, 4.69) is 19.8 Å². The molecule has 0 spiro atoms. The Morgan fingerprint density at radius 2 is 2.25 bits per heavy atom. The molecule has 0 aliphatic carbocycles. The van der Waals surface area contributed by atoms with Gasteiger partial charge in [0.05, 0.1) is 25.2 Å². The number of rotatable bonds is 2. The molecule has 2 aromatic heterocycles. The van der Waals surface area contributed by atoms with Gasteiger partial charge in [-0.2, -0.15) is 5.10 Å². The van der Waals surface area contributed by atoms with Crippen LogP contribution in [0.3, 0.4) is 0 Å². The van der Waals surface area contributed by atoms with Crippen LogP contribution in [0.5, 0.6) is 0 Å². The molecule has 2 rings (SSSR count). The molecule has 6 nitrogen and oxygen atoms in total. The smallest absolute Gasteiger partial charge is 0.358 e. The van der Waals surface area contributed by atoms with Crippen LogP contribution in [0.4, 0.5) is 0 Å². The molecule has 16 heavy (non-hydrogen) atoms. The highest BCUT2D eigenvalue weighted by Gasteiger charge is 2.09. The monoisotopic (exact) mass is 218 g/mol. The Morgan fingerprint density at radius 1 is 1.44 bits per heavy atom. The molecular weight excluding hydrogens is 208 g/mol. The minimum Gasteiger partial charge on any atom is -0.464 e. The average molecular weight is 218 g/mol. The first-order chi connectivity index (χ1) is 7.70. The van der Waals surface area contributed by atoms with Gasteiger partial charge in [-0.1, -0.05) is 0 Å². The maximum atomic E-state index is 11.2. The summed E-state index contributed by atoms with van der Waals surface area (Å²) in [7, 11) is 1.30. The number of aromatic nitrogens is 4. The van der Waals surface area contributed by atoms with E-state index in [0.717, 1.165) is 5.69 Å². The molecule has 0 saturated carbocycles. The van der Waals surface area contributed by atoms with Crippen LogP contribution >= 0.6 is 0 Å². The highest BCUT2D eigenvalue weighted by atomic mass is 16.5. The molecule has 6 heteroatoms. The van der Waals surface area contributed by atoms with Crippen molar-refractivity contribution >= 4 is 5.97 Å². The van der Waals surface area contributed by atoms with Crippen LogP contribution in [0.2, 0.25) is 0 Å². The number of aryl methyl sites for hydroxylation is 1. The molecule has 0 aliphatic rings. The van der Waals surface area contributed by atoms with Crippen molar-refractivity contribution in [3.8, 4) is 5.82 Å². The van der Waals surface area contributed by atoms with E-state index >= 15 is 0 Å². The Morgan fingerprint density at radius 3 is 2.88 bits per heavy atom. The molecule has 0 radical (unpaired) electrons. The van der Waals surface area contributed by atoms with E-state index < -0.39 is 5.97 Å². The molecule has 0 N–H and O–H groups in total. The maximum absolute atomic E-state index is 11.2. The predicted molar refractivity (Wildman–Crippen MR) is 55.2 cm³/mol. The Bertz CT molecular complexity index is 521. The van der Waals surface area contributed by atoms with Crippen molar-refractivity contribution in [1.29, 1.82) is 0 Å². The first kappa shape index (κ1) is 10.3. The third-order valence-electron chi connectivity index (χ3n) is 1.97. The van der Waals surface area contributed by atoms with Gasteiger partial charge >= 0.3 is 5.97 Å². The van der Waals surface area contributed by atoms with Crippen LogP contribution in [-0.4, -0.2) is 32.8 Å². The van der Waals surface area contributed by atoms with Crippen molar-refractivity contribution < 1.29 is 9.53 Å². The van der Waals surface area contributed by atoms with Gasteiger partial charge in [0.1, 0.15) is 0 Å². The minimum atomic E-state index is -0.516. The molecule has 2 aromatic rings. The van der Waals surface area contributed by atoms with Crippen molar-refractivity contribution in [1.82, 2.24) is 19.7 Å². The molecule has 0 fully saturated rings. The average Bonchev–Trinajstić information content (AvgIpc) is 2.75. The van der Waals surface area contributed by atoms with Crippen molar-refractivity contribution in [2.24, 2.45) is 0 Å². The summed E-state index contributed by atoms with van der Waals surface area (Å²) in [5.41, 5.74) is 1.03. The van der Waals surface area contributed by atoms with Gasteiger partial charge in [0.25, 0.3) is 0 Å². The number of carbonyl (C=O) groups is 1. The molecule has 2 heterocycles. The fourth-order valence-electron chi connectivity index (χ4n) is 1.21. The Labute approximate surface area is 91.9 Å². The zero-order chi connectivity index (χ0) is 11.5. The van der Waals surface area contributed by atoms with Gasteiger partial charge in [-0.05, 0) is 13.0 Å². The van der Waals surface area contributed by atoms with E-state index in [0.29, 0.717) is 5.82 Å². The minimum absolute atomic E-state index is 0.160. The molecule has 0 amide bonds. The van der Waals surface area contributed by atoms with E-state index in [-0.39, 0.29) is 5.69 Å². The van der Waals surface area contributed by atoms with Crippen LogP contribution in [0.1, 0.15) is 16.2 Å². The quantitative estimate of drug-likeness (QED) is 0.696. The second kappa shape index (κ2) is 4.09. The second-order valence-corrected chi connectivity index (χ2v) is 3.16. The van der Waals surface area contributed by atoms with E-state index in [1.54, 1.807) is 10.9 Å². The number of methoxy groups -OCH3 is 1.